The lowest BCUT2D eigenvalue weighted by Gasteiger charge is -2.10. The minimum absolute atomic E-state index is 0.313. The number of rotatable bonds is 8. The summed E-state index contributed by atoms with van der Waals surface area (Å²) in [6.45, 7) is 1.56. The van der Waals surface area contributed by atoms with Crippen LogP contribution in [0.5, 0.6) is 11.5 Å². The number of aryl methyl sites for hydroxylation is 2. The first kappa shape index (κ1) is 22.9. The molecule has 1 N–H and O–H groups in total. The SMILES string of the molecule is COc1ccc(C2=C(c3cn(CCCn4ccnc4)c4ccc(Br)cc34)C(=O)NC2=O)cc1OC. The summed E-state index contributed by atoms with van der Waals surface area (Å²) in [4.78, 5) is 30.1. The number of carbonyl (C=O) groups is 2. The minimum atomic E-state index is -0.437. The van der Waals surface area contributed by atoms with Gasteiger partial charge in [-0.05, 0) is 42.3 Å². The van der Waals surface area contributed by atoms with Gasteiger partial charge in [-0.15, -0.1) is 0 Å². The molecule has 8 nitrogen and oxygen atoms in total. The first-order valence-electron chi connectivity index (χ1n) is 11.1. The highest BCUT2D eigenvalue weighted by molar-refractivity contribution is 9.10. The lowest BCUT2D eigenvalue weighted by molar-refractivity contribution is -0.122. The molecule has 35 heavy (non-hydrogen) atoms. The maximum Gasteiger partial charge on any atom is 0.259 e. The summed E-state index contributed by atoms with van der Waals surface area (Å²) in [5.41, 5.74) is 2.93. The molecule has 178 valence electrons. The number of nitrogens with zero attached hydrogens (tertiary/aromatic N) is 3. The summed E-state index contributed by atoms with van der Waals surface area (Å²) in [7, 11) is 3.08. The number of hydrogen-bond donors (Lipinski definition) is 1. The maximum atomic E-state index is 13.1. The standard InChI is InChI=1S/C26H23BrN4O4/c1-34-21-7-4-16(12-22(21)35-2)23-24(26(33)29-25(23)32)19-14-31(10-3-9-30-11-8-28-15-30)20-6-5-17(27)13-18(19)20/h4-8,11-15H,3,9-10H2,1-2H3,(H,29,32,33). The van der Waals surface area contributed by atoms with Crippen LogP contribution in [0.15, 0.2) is 65.8 Å². The van der Waals surface area contributed by atoms with Crippen LogP contribution >= 0.6 is 15.9 Å². The highest BCUT2D eigenvalue weighted by Crippen LogP contribution is 2.39. The molecule has 0 spiro atoms. The molecule has 0 fully saturated rings. The van der Waals surface area contributed by atoms with Gasteiger partial charge in [0.05, 0.1) is 31.7 Å². The van der Waals surface area contributed by atoms with Crippen molar-refractivity contribution in [3.8, 4) is 11.5 Å². The van der Waals surface area contributed by atoms with Crippen molar-refractivity contribution >= 4 is 49.8 Å². The lowest BCUT2D eigenvalue weighted by atomic mass is 9.95. The Labute approximate surface area is 210 Å². The van der Waals surface area contributed by atoms with Crippen LogP contribution in [0.25, 0.3) is 22.0 Å². The predicted octanol–water partition coefficient (Wildman–Crippen LogP) is 4.28. The molecule has 0 bridgehead atoms. The molecular formula is C26H23BrN4O4. The number of imide groups is 1. The molecule has 0 unspecified atom stereocenters. The Hall–Kier alpha value is -3.85. The second kappa shape index (κ2) is 9.42. The fourth-order valence-electron chi connectivity index (χ4n) is 4.48. The van der Waals surface area contributed by atoms with E-state index in [1.807, 2.05) is 35.2 Å². The van der Waals surface area contributed by atoms with E-state index in [0.29, 0.717) is 33.8 Å². The third kappa shape index (κ3) is 4.23. The first-order valence-corrected chi connectivity index (χ1v) is 11.9. The third-order valence-electron chi connectivity index (χ3n) is 6.09. The van der Waals surface area contributed by atoms with E-state index in [1.165, 1.54) is 7.11 Å². The molecule has 3 heterocycles. The third-order valence-corrected chi connectivity index (χ3v) is 6.58. The van der Waals surface area contributed by atoms with Gasteiger partial charge < -0.3 is 18.6 Å². The van der Waals surface area contributed by atoms with Crippen LogP contribution in [0.3, 0.4) is 0 Å². The topological polar surface area (TPSA) is 87.4 Å². The van der Waals surface area contributed by atoms with Crippen LogP contribution in [0.2, 0.25) is 0 Å². The second-order valence-corrected chi connectivity index (χ2v) is 9.07. The average Bonchev–Trinajstić information content (AvgIpc) is 3.56. The second-order valence-electron chi connectivity index (χ2n) is 8.15. The molecule has 1 aliphatic heterocycles. The van der Waals surface area contributed by atoms with Gasteiger partial charge in [-0.2, -0.15) is 0 Å². The Morgan fingerprint density at radius 1 is 0.971 bits per heavy atom. The zero-order valence-corrected chi connectivity index (χ0v) is 20.8. The van der Waals surface area contributed by atoms with Crippen molar-refractivity contribution in [2.75, 3.05) is 14.2 Å². The lowest BCUT2D eigenvalue weighted by Crippen LogP contribution is -2.22. The number of halogens is 1. The number of imidazole rings is 1. The largest absolute Gasteiger partial charge is 0.493 e. The molecule has 2 aromatic carbocycles. The number of nitrogens with one attached hydrogen (secondary N) is 1. The van der Waals surface area contributed by atoms with E-state index in [1.54, 1.807) is 37.8 Å². The van der Waals surface area contributed by atoms with Crippen LogP contribution < -0.4 is 14.8 Å². The van der Waals surface area contributed by atoms with Crippen molar-refractivity contribution in [3.63, 3.8) is 0 Å². The summed E-state index contributed by atoms with van der Waals surface area (Å²) < 4.78 is 15.8. The normalized spacial score (nSPS) is 13.6. The number of aromatic nitrogens is 3. The average molecular weight is 535 g/mol. The van der Waals surface area contributed by atoms with Crippen LogP contribution in [0.1, 0.15) is 17.5 Å². The van der Waals surface area contributed by atoms with E-state index in [9.17, 15) is 9.59 Å². The Kier molecular flexibility index (Phi) is 6.17. The molecule has 0 atom stereocenters. The van der Waals surface area contributed by atoms with E-state index >= 15 is 0 Å². The van der Waals surface area contributed by atoms with E-state index in [4.69, 9.17) is 9.47 Å². The van der Waals surface area contributed by atoms with Gasteiger partial charge in [0.25, 0.3) is 11.8 Å². The first-order chi connectivity index (χ1) is 17.0. The summed E-state index contributed by atoms with van der Waals surface area (Å²) in [6, 6.07) is 11.2. The number of methoxy groups -OCH3 is 2. The molecule has 5 rings (SSSR count). The molecule has 2 aromatic heterocycles. The maximum absolute atomic E-state index is 13.1. The van der Waals surface area contributed by atoms with Gasteiger partial charge in [0.1, 0.15) is 0 Å². The fraction of sp³-hybridized carbons (Fsp3) is 0.192. The summed E-state index contributed by atoms with van der Waals surface area (Å²) >= 11 is 3.55. The Bertz CT molecular complexity index is 1470. The van der Waals surface area contributed by atoms with E-state index < -0.39 is 11.8 Å². The molecule has 4 aromatic rings. The number of fused-ring (bicyclic) bond motifs is 1. The molecule has 0 saturated heterocycles. The Morgan fingerprint density at radius 2 is 1.77 bits per heavy atom. The number of ether oxygens (including phenoxy) is 2. The van der Waals surface area contributed by atoms with Crippen LogP contribution in [-0.2, 0) is 22.7 Å². The van der Waals surface area contributed by atoms with Crippen molar-refractivity contribution in [2.45, 2.75) is 19.5 Å². The quantitative estimate of drug-likeness (QED) is 0.341. The minimum Gasteiger partial charge on any atom is -0.493 e. The summed E-state index contributed by atoms with van der Waals surface area (Å²) in [6.07, 6.45) is 8.33. The smallest absolute Gasteiger partial charge is 0.259 e. The van der Waals surface area contributed by atoms with Crippen molar-refractivity contribution in [1.29, 1.82) is 0 Å². The van der Waals surface area contributed by atoms with Gasteiger partial charge in [-0.25, -0.2) is 4.98 Å². The highest BCUT2D eigenvalue weighted by Gasteiger charge is 2.34. The van der Waals surface area contributed by atoms with Gasteiger partial charge in [0.2, 0.25) is 0 Å². The van der Waals surface area contributed by atoms with Crippen molar-refractivity contribution in [1.82, 2.24) is 19.4 Å². The number of benzene rings is 2. The van der Waals surface area contributed by atoms with Crippen LogP contribution in [0.4, 0.5) is 0 Å². The highest BCUT2D eigenvalue weighted by atomic mass is 79.9. The zero-order chi connectivity index (χ0) is 24.5. The van der Waals surface area contributed by atoms with Crippen molar-refractivity contribution in [2.24, 2.45) is 0 Å². The summed E-state index contributed by atoms with van der Waals surface area (Å²) in [5, 5.41) is 3.36. The summed E-state index contributed by atoms with van der Waals surface area (Å²) in [5.74, 6) is 0.167. The Balaban J connectivity index is 1.63. The fourth-order valence-corrected chi connectivity index (χ4v) is 4.84. The van der Waals surface area contributed by atoms with Crippen molar-refractivity contribution in [3.05, 3.63) is 76.9 Å². The molecule has 2 amide bonds. The van der Waals surface area contributed by atoms with Gasteiger partial charge in [0, 0.05) is 52.6 Å². The molecule has 9 heteroatoms. The monoisotopic (exact) mass is 534 g/mol. The Morgan fingerprint density at radius 3 is 2.51 bits per heavy atom. The molecule has 1 aliphatic rings. The number of amides is 2. The van der Waals surface area contributed by atoms with Gasteiger partial charge in [-0.1, -0.05) is 22.0 Å². The van der Waals surface area contributed by atoms with E-state index in [2.05, 4.69) is 30.8 Å². The molecule has 0 radical (unpaired) electrons. The predicted molar refractivity (Wildman–Crippen MR) is 136 cm³/mol. The molecule has 0 aliphatic carbocycles. The van der Waals surface area contributed by atoms with E-state index in [-0.39, 0.29) is 0 Å². The molecular weight excluding hydrogens is 512 g/mol. The van der Waals surface area contributed by atoms with Crippen LogP contribution in [0, 0.1) is 0 Å². The number of hydrogen-bond acceptors (Lipinski definition) is 5. The van der Waals surface area contributed by atoms with Gasteiger partial charge >= 0.3 is 0 Å². The van der Waals surface area contributed by atoms with E-state index in [0.717, 1.165) is 34.9 Å². The van der Waals surface area contributed by atoms with Gasteiger partial charge in [-0.3, -0.25) is 14.9 Å². The molecule has 0 saturated carbocycles. The zero-order valence-electron chi connectivity index (χ0n) is 19.2. The van der Waals surface area contributed by atoms with Gasteiger partial charge in [0.15, 0.2) is 11.5 Å². The van der Waals surface area contributed by atoms with Crippen LogP contribution in [-0.4, -0.2) is 40.2 Å². The van der Waals surface area contributed by atoms with Crippen molar-refractivity contribution < 1.29 is 19.1 Å². The number of carbonyl (C=O) groups excluding carboxylic acids is 2.